The zero-order chi connectivity index (χ0) is 14.8. The Morgan fingerprint density at radius 1 is 1.30 bits per heavy atom. The monoisotopic (exact) mass is 281 g/mol. The predicted molar refractivity (Wildman–Crippen MR) is 77.0 cm³/mol. The van der Waals surface area contributed by atoms with Gasteiger partial charge in [0.05, 0.1) is 12.7 Å². The van der Waals surface area contributed by atoms with Crippen LogP contribution in [0.2, 0.25) is 0 Å². The third-order valence-corrected chi connectivity index (χ3v) is 3.79. The number of hydrogen-bond acceptors (Lipinski definition) is 7. The van der Waals surface area contributed by atoms with Gasteiger partial charge >= 0.3 is 6.01 Å². The Balaban J connectivity index is 2.10. The van der Waals surface area contributed by atoms with E-state index in [2.05, 4.69) is 25.6 Å². The van der Waals surface area contributed by atoms with E-state index in [1.54, 1.807) is 7.05 Å². The minimum absolute atomic E-state index is 0.142. The fourth-order valence-electron chi connectivity index (χ4n) is 2.09. The standard InChI is InChI=1S/C13H23N5O2/c1-5-6-20-12-17-10(14-4)16-11(18-12)15-8-7-9(19)13(8,2)3/h8-9,19H,5-7H2,1-4H3,(H2,14,15,16,17,18). The molecular weight excluding hydrogens is 258 g/mol. The second-order valence-corrected chi connectivity index (χ2v) is 5.63. The highest BCUT2D eigenvalue weighted by atomic mass is 16.5. The first-order chi connectivity index (χ1) is 9.47. The van der Waals surface area contributed by atoms with Gasteiger partial charge in [0.15, 0.2) is 0 Å². The number of hydrogen-bond donors (Lipinski definition) is 3. The van der Waals surface area contributed by atoms with Gasteiger partial charge in [0.25, 0.3) is 0 Å². The van der Waals surface area contributed by atoms with E-state index in [9.17, 15) is 5.11 Å². The molecule has 1 aromatic heterocycles. The van der Waals surface area contributed by atoms with Crippen LogP contribution in [-0.4, -0.2) is 45.9 Å². The highest BCUT2D eigenvalue weighted by molar-refractivity contribution is 5.37. The van der Waals surface area contributed by atoms with Gasteiger partial charge < -0.3 is 20.5 Å². The van der Waals surface area contributed by atoms with Crippen LogP contribution < -0.4 is 15.4 Å². The van der Waals surface area contributed by atoms with Gasteiger partial charge in [-0.1, -0.05) is 20.8 Å². The third-order valence-electron chi connectivity index (χ3n) is 3.79. The summed E-state index contributed by atoms with van der Waals surface area (Å²) in [6, 6.07) is 0.454. The van der Waals surface area contributed by atoms with Crippen molar-refractivity contribution in [2.45, 2.75) is 45.8 Å². The lowest BCUT2D eigenvalue weighted by Gasteiger charge is -2.49. The average molecular weight is 281 g/mol. The quantitative estimate of drug-likeness (QED) is 0.723. The van der Waals surface area contributed by atoms with Crippen molar-refractivity contribution in [3.63, 3.8) is 0 Å². The molecule has 0 amide bonds. The zero-order valence-corrected chi connectivity index (χ0v) is 12.5. The Kier molecular flexibility index (Phi) is 4.27. The minimum Gasteiger partial charge on any atom is -0.463 e. The lowest BCUT2D eigenvalue weighted by molar-refractivity contribution is -0.0513. The zero-order valence-electron chi connectivity index (χ0n) is 12.5. The molecule has 20 heavy (non-hydrogen) atoms. The van der Waals surface area contributed by atoms with Gasteiger partial charge in [0.2, 0.25) is 11.9 Å². The lowest BCUT2D eigenvalue weighted by atomic mass is 9.65. The number of nitrogens with one attached hydrogen (secondary N) is 2. The van der Waals surface area contributed by atoms with E-state index in [0.717, 1.165) is 6.42 Å². The maximum atomic E-state index is 9.77. The van der Waals surface area contributed by atoms with Crippen LogP contribution in [-0.2, 0) is 0 Å². The van der Waals surface area contributed by atoms with Crippen molar-refractivity contribution in [1.29, 1.82) is 0 Å². The van der Waals surface area contributed by atoms with Crippen molar-refractivity contribution in [3.05, 3.63) is 0 Å². The molecule has 7 heteroatoms. The fourth-order valence-corrected chi connectivity index (χ4v) is 2.09. The van der Waals surface area contributed by atoms with Crippen LogP contribution in [0.4, 0.5) is 11.9 Å². The molecule has 0 aromatic carbocycles. The highest BCUT2D eigenvalue weighted by Crippen LogP contribution is 2.41. The van der Waals surface area contributed by atoms with Crippen LogP contribution in [0.5, 0.6) is 6.01 Å². The van der Waals surface area contributed by atoms with Gasteiger partial charge in [-0.05, 0) is 12.8 Å². The van der Waals surface area contributed by atoms with E-state index in [1.165, 1.54) is 0 Å². The van der Waals surface area contributed by atoms with Crippen molar-refractivity contribution in [2.24, 2.45) is 5.41 Å². The Morgan fingerprint density at radius 2 is 2.00 bits per heavy atom. The van der Waals surface area contributed by atoms with Gasteiger partial charge in [-0.2, -0.15) is 15.0 Å². The molecule has 2 unspecified atom stereocenters. The number of nitrogens with zero attached hydrogens (tertiary/aromatic N) is 3. The van der Waals surface area contributed by atoms with E-state index < -0.39 is 0 Å². The Labute approximate surface area is 119 Å². The first kappa shape index (κ1) is 14.8. The average Bonchev–Trinajstić information content (AvgIpc) is 2.44. The maximum absolute atomic E-state index is 9.77. The number of rotatable bonds is 6. The lowest BCUT2D eigenvalue weighted by Crippen LogP contribution is -2.57. The van der Waals surface area contributed by atoms with Gasteiger partial charge in [0, 0.05) is 18.5 Å². The maximum Gasteiger partial charge on any atom is 0.323 e. The molecule has 2 rings (SSSR count). The molecule has 1 aliphatic carbocycles. The predicted octanol–water partition coefficient (Wildman–Crippen LogP) is 1.27. The summed E-state index contributed by atoms with van der Waals surface area (Å²) in [5, 5.41) is 15.9. The molecule has 0 aliphatic heterocycles. The van der Waals surface area contributed by atoms with E-state index >= 15 is 0 Å². The topological polar surface area (TPSA) is 92.2 Å². The van der Waals surface area contributed by atoms with Crippen LogP contribution in [0.15, 0.2) is 0 Å². The van der Waals surface area contributed by atoms with Crippen molar-refractivity contribution >= 4 is 11.9 Å². The highest BCUT2D eigenvalue weighted by Gasteiger charge is 2.47. The fraction of sp³-hybridized carbons (Fsp3) is 0.769. The molecule has 1 saturated carbocycles. The van der Waals surface area contributed by atoms with E-state index in [1.807, 2.05) is 20.8 Å². The largest absolute Gasteiger partial charge is 0.463 e. The van der Waals surface area contributed by atoms with Gasteiger partial charge in [-0.3, -0.25) is 0 Å². The van der Waals surface area contributed by atoms with Crippen molar-refractivity contribution in [3.8, 4) is 6.01 Å². The van der Waals surface area contributed by atoms with E-state index in [0.29, 0.717) is 30.9 Å². The molecular formula is C13H23N5O2. The number of aliphatic hydroxyl groups excluding tert-OH is 1. The van der Waals surface area contributed by atoms with Gasteiger partial charge in [-0.15, -0.1) is 0 Å². The van der Waals surface area contributed by atoms with Gasteiger partial charge in [0.1, 0.15) is 0 Å². The van der Waals surface area contributed by atoms with Crippen molar-refractivity contribution < 1.29 is 9.84 Å². The molecule has 7 nitrogen and oxygen atoms in total. The summed E-state index contributed by atoms with van der Waals surface area (Å²) < 4.78 is 5.45. The van der Waals surface area contributed by atoms with Crippen LogP contribution in [0.1, 0.15) is 33.6 Å². The van der Waals surface area contributed by atoms with Crippen molar-refractivity contribution in [1.82, 2.24) is 15.0 Å². The summed E-state index contributed by atoms with van der Waals surface area (Å²) >= 11 is 0. The first-order valence-electron chi connectivity index (χ1n) is 6.98. The summed E-state index contributed by atoms with van der Waals surface area (Å²) in [4.78, 5) is 12.7. The number of aromatic nitrogens is 3. The van der Waals surface area contributed by atoms with Crippen LogP contribution in [0.3, 0.4) is 0 Å². The molecule has 0 bridgehead atoms. The Hall–Kier alpha value is -1.63. The van der Waals surface area contributed by atoms with Crippen LogP contribution in [0.25, 0.3) is 0 Å². The third kappa shape index (κ3) is 2.92. The molecule has 0 spiro atoms. The summed E-state index contributed by atoms with van der Waals surface area (Å²) in [5.74, 6) is 0.937. The number of aliphatic hydroxyl groups is 1. The van der Waals surface area contributed by atoms with Crippen LogP contribution in [0, 0.1) is 5.41 Å². The molecule has 3 N–H and O–H groups in total. The molecule has 0 radical (unpaired) electrons. The summed E-state index contributed by atoms with van der Waals surface area (Å²) in [7, 11) is 1.75. The Morgan fingerprint density at radius 3 is 2.55 bits per heavy atom. The molecule has 1 aromatic rings. The smallest absolute Gasteiger partial charge is 0.323 e. The van der Waals surface area contributed by atoms with Crippen molar-refractivity contribution in [2.75, 3.05) is 24.3 Å². The molecule has 1 fully saturated rings. The minimum atomic E-state index is -0.290. The summed E-state index contributed by atoms with van der Waals surface area (Å²) in [5.41, 5.74) is -0.184. The summed E-state index contributed by atoms with van der Waals surface area (Å²) in [6.07, 6.45) is 1.30. The molecule has 1 heterocycles. The second-order valence-electron chi connectivity index (χ2n) is 5.63. The van der Waals surface area contributed by atoms with Gasteiger partial charge in [-0.25, -0.2) is 0 Å². The summed E-state index contributed by atoms with van der Waals surface area (Å²) in [6.45, 7) is 6.64. The van der Waals surface area contributed by atoms with Crippen LogP contribution >= 0.6 is 0 Å². The number of anilines is 2. The van der Waals surface area contributed by atoms with E-state index in [4.69, 9.17) is 4.74 Å². The number of ether oxygens (including phenoxy) is 1. The first-order valence-corrected chi connectivity index (χ1v) is 6.98. The molecule has 1 aliphatic rings. The molecule has 112 valence electrons. The second kappa shape index (κ2) is 5.78. The van der Waals surface area contributed by atoms with E-state index in [-0.39, 0.29) is 17.6 Å². The normalized spacial score (nSPS) is 23.9. The SMILES string of the molecule is CCCOc1nc(NC)nc(NC2CC(O)C2(C)C)n1. The molecule has 0 saturated heterocycles. The molecule has 2 atom stereocenters. The Bertz CT molecular complexity index is 466.